The molecule has 2 aliphatic rings. The van der Waals surface area contributed by atoms with Crippen molar-refractivity contribution in [1.82, 2.24) is 15.1 Å². The van der Waals surface area contributed by atoms with Crippen molar-refractivity contribution < 1.29 is 14.4 Å². The Morgan fingerprint density at radius 2 is 1.94 bits per heavy atom. The van der Waals surface area contributed by atoms with Crippen molar-refractivity contribution in [2.24, 2.45) is 5.92 Å². The van der Waals surface area contributed by atoms with Gasteiger partial charge in [0, 0.05) is 38.3 Å². The first-order valence-corrected chi connectivity index (χ1v) is 6.14. The Bertz CT molecular complexity index is 381. The quantitative estimate of drug-likeness (QED) is 0.563. The smallest absolute Gasteiger partial charge is 0.317 e. The number of carbonyl (C=O) groups excluding carboxylic acids is 3. The van der Waals surface area contributed by atoms with Crippen LogP contribution in [0.5, 0.6) is 0 Å². The molecule has 0 aromatic carbocycles. The summed E-state index contributed by atoms with van der Waals surface area (Å²) >= 11 is 0. The molecule has 2 aliphatic heterocycles. The van der Waals surface area contributed by atoms with Crippen LogP contribution in [0.3, 0.4) is 0 Å². The van der Waals surface area contributed by atoms with Gasteiger partial charge in [-0.05, 0) is 12.3 Å². The van der Waals surface area contributed by atoms with Crippen LogP contribution >= 0.6 is 0 Å². The molecular weight excluding hydrogens is 234 g/mol. The lowest BCUT2D eigenvalue weighted by atomic mass is 10.0. The summed E-state index contributed by atoms with van der Waals surface area (Å²) < 4.78 is 0. The van der Waals surface area contributed by atoms with E-state index in [-0.39, 0.29) is 17.8 Å². The van der Waals surface area contributed by atoms with E-state index in [1.54, 1.807) is 4.90 Å². The number of rotatable bonds is 4. The zero-order chi connectivity index (χ0) is 13.1. The van der Waals surface area contributed by atoms with Crippen LogP contribution in [0.1, 0.15) is 13.3 Å². The Labute approximate surface area is 106 Å². The second-order valence-corrected chi connectivity index (χ2v) is 4.76. The molecule has 2 heterocycles. The minimum Gasteiger partial charge on any atom is -0.338 e. The second-order valence-electron chi connectivity index (χ2n) is 4.76. The molecule has 0 bridgehead atoms. The van der Waals surface area contributed by atoms with Gasteiger partial charge in [-0.2, -0.15) is 0 Å². The fourth-order valence-electron chi connectivity index (χ4n) is 2.06. The molecule has 0 aromatic heterocycles. The molecule has 6 heteroatoms. The van der Waals surface area contributed by atoms with Crippen molar-refractivity contribution in [2.45, 2.75) is 13.3 Å². The molecule has 0 aromatic rings. The maximum absolute atomic E-state index is 11.6. The van der Waals surface area contributed by atoms with Gasteiger partial charge in [0.05, 0.1) is 0 Å². The molecule has 18 heavy (non-hydrogen) atoms. The third-order valence-corrected chi connectivity index (χ3v) is 3.09. The largest absolute Gasteiger partial charge is 0.338 e. The Balaban J connectivity index is 1.60. The van der Waals surface area contributed by atoms with Crippen molar-refractivity contribution >= 4 is 17.8 Å². The number of hydrogen-bond acceptors (Lipinski definition) is 3. The Morgan fingerprint density at radius 1 is 1.33 bits per heavy atom. The van der Waals surface area contributed by atoms with Gasteiger partial charge in [-0.1, -0.05) is 6.92 Å². The third-order valence-electron chi connectivity index (χ3n) is 3.09. The molecule has 1 fully saturated rings. The summed E-state index contributed by atoms with van der Waals surface area (Å²) in [7, 11) is 0. The normalized spacial score (nSPS) is 19.4. The monoisotopic (exact) mass is 251 g/mol. The predicted octanol–water partition coefficient (Wildman–Crippen LogP) is -0.0372. The SMILES string of the molecule is CC1CN(C(=O)NCCCN2C(=O)C=CC2=O)C1. The van der Waals surface area contributed by atoms with Crippen molar-refractivity contribution in [1.29, 1.82) is 0 Å². The first-order valence-electron chi connectivity index (χ1n) is 6.14. The van der Waals surface area contributed by atoms with Gasteiger partial charge in [0.15, 0.2) is 0 Å². The summed E-state index contributed by atoms with van der Waals surface area (Å²) in [6.07, 6.45) is 3.11. The molecule has 0 atom stereocenters. The molecule has 98 valence electrons. The molecule has 2 rings (SSSR count). The van der Waals surface area contributed by atoms with E-state index < -0.39 is 0 Å². The molecule has 6 nitrogen and oxygen atoms in total. The minimum atomic E-state index is -0.275. The Hall–Kier alpha value is -1.85. The predicted molar refractivity (Wildman–Crippen MR) is 64.6 cm³/mol. The summed E-state index contributed by atoms with van der Waals surface area (Å²) in [5.74, 6) is 0.0347. The lowest BCUT2D eigenvalue weighted by molar-refractivity contribution is -0.136. The topological polar surface area (TPSA) is 69.7 Å². The maximum Gasteiger partial charge on any atom is 0.317 e. The van der Waals surface area contributed by atoms with Gasteiger partial charge < -0.3 is 10.2 Å². The number of nitrogens with one attached hydrogen (secondary N) is 1. The number of imide groups is 1. The first-order chi connectivity index (χ1) is 8.58. The van der Waals surface area contributed by atoms with E-state index in [0.29, 0.717) is 25.4 Å². The van der Waals surface area contributed by atoms with Crippen LogP contribution in [0, 0.1) is 5.92 Å². The minimum absolute atomic E-state index is 0.0645. The average Bonchev–Trinajstić information content (AvgIpc) is 2.61. The molecule has 0 radical (unpaired) electrons. The summed E-state index contributed by atoms with van der Waals surface area (Å²) in [6.45, 7) is 4.53. The number of nitrogens with zero attached hydrogens (tertiary/aromatic N) is 2. The molecular formula is C12H17N3O3. The summed E-state index contributed by atoms with van der Waals surface area (Å²) in [4.78, 5) is 36.9. The van der Waals surface area contributed by atoms with E-state index in [9.17, 15) is 14.4 Å². The lowest BCUT2D eigenvalue weighted by Crippen LogP contribution is -2.53. The Morgan fingerprint density at radius 3 is 2.50 bits per heavy atom. The summed E-state index contributed by atoms with van der Waals surface area (Å²) in [5, 5.41) is 2.78. The number of carbonyl (C=O) groups is 3. The highest BCUT2D eigenvalue weighted by molar-refractivity contribution is 6.12. The van der Waals surface area contributed by atoms with E-state index in [1.807, 2.05) is 0 Å². The first kappa shape index (κ1) is 12.6. The standard InChI is InChI=1S/C12H17N3O3/c1-9-7-14(8-9)12(18)13-5-2-6-15-10(16)3-4-11(15)17/h3-4,9H,2,5-8H2,1H3,(H,13,18). The van der Waals surface area contributed by atoms with Crippen LogP contribution in [-0.2, 0) is 9.59 Å². The fraction of sp³-hybridized carbons (Fsp3) is 0.583. The van der Waals surface area contributed by atoms with Crippen molar-refractivity contribution in [3.05, 3.63) is 12.2 Å². The molecule has 1 saturated heterocycles. The zero-order valence-electron chi connectivity index (χ0n) is 10.4. The van der Waals surface area contributed by atoms with E-state index in [0.717, 1.165) is 13.1 Å². The Kier molecular flexibility index (Phi) is 3.64. The summed E-state index contributed by atoms with van der Waals surface area (Å²) in [6, 6.07) is -0.0645. The van der Waals surface area contributed by atoms with Gasteiger partial charge in [0.25, 0.3) is 11.8 Å². The molecule has 0 aliphatic carbocycles. The van der Waals surface area contributed by atoms with Crippen LogP contribution in [-0.4, -0.2) is 53.8 Å². The molecule has 0 unspecified atom stereocenters. The molecule has 4 amide bonds. The van der Waals surface area contributed by atoms with Crippen LogP contribution in [0.25, 0.3) is 0 Å². The number of amides is 4. The summed E-state index contributed by atoms with van der Waals surface area (Å²) in [5.41, 5.74) is 0. The number of likely N-dealkylation sites (tertiary alicyclic amines) is 1. The van der Waals surface area contributed by atoms with Crippen molar-refractivity contribution in [2.75, 3.05) is 26.2 Å². The van der Waals surface area contributed by atoms with Gasteiger partial charge in [-0.25, -0.2) is 4.79 Å². The van der Waals surface area contributed by atoms with Gasteiger partial charge >= 0.3 is 6.03 Å². The highest BCUT2D eigenvalue weighted by Crippen LogP contribution is 2.13. The molecule has 0 spiro atoms. The number of urea groups is 1. The van der Waals surface area contributed by atoms with Crippen molar-refractivity contribution in [3.63, 3.8) is 0 Å². The van der Waals surface area contributed by atoms with E-state index in [2.05, 4.69) is 12.2 Å². The van der Waals surface area contributed by atoms with E-state index in [1.165, 1.54) is 17.1 Å². The fourth-order valence-corrected chi connectivity index (χ4v) is 2.06. The molecule has 0 saturated carbocycles. The maximum atomic E-state index is 11.6. The highest BCUT2D eigenvalue weighted by Gasteiger charge is 2.27. The van der Waals surface area contributed by atoms with Gasteiger partial charge in [-0.3, -0.25) is 14.5 Å². The van der Waals surface area contributed by atoms with Crippen LogP contribution < -0.4 is 5.32 Å². The third kappa shape index (κ3) is 2.69. The van der Waals surface area contributed by atoms with Crippen LogP contribution in [0.4, 0.5) is 4.79 Å². The van der Waals surface area contributed by atoms with Crippen LogP contribution in [0.15, 0.2) is 12.2 Å². The van der Waals surface area contributed by atoms with E-state index >= 15 is 0 Å². The van der Waals surface area contributed by atoms with Gasteiger partial charge in [0.1, 0.15) is 0 Å². The van der Waals surface area contributed by atoms with Gasteiger partial charge in [0.2, 0.25) is 0 Å². The van der Waals surface area contributed by atoms with Crippen LogP contribution in [0.2, 0.25) is 0 Å². The lowest BCUT2D eigenvalue weighted by Gasteiger charge is -2.37. The highest BCUT2D eigenvalue weighted by atomic mass is 16.2. The average molecular weight is 251 g/mol. The van der Waals surface area contributed by atoms with Crippen molar-refractivity contribution in [3.8, 4) is 0 Å². The number of hydrogen-bond donors (Lipinski definition) is 1. The van der Waals surface area contributed by atoms with E-state index in [4.69, 9.17) is 0 Å². The molecule has 1 N–H and O–H groups in total. The zero-order valence-corrected chi connectivity index (χ0v) is 10.4. The van der Waals surface area contributed by atoms with Gasteiger partial charge in [-0.15, -0.1) is 0 Å². The second kappa shape index (κ2) is 5.20.